The Balaban J connectivity index is 1.63. The number of nitrogens with zero attached hydrogens (tertiary/aromatic N) is 1. The van der Waals surface area contributed by atoms with Gasteiger partial charge in [0.25, 0.3) is 5.92 Å². The molecule has 1 unspecified atom stereocenters. The van der Waals surface area contributed by atoms with Gasteiger partial charge in [0.05, 0.1) is 0 Å². The highest BCUT2D eigenvalue weighted by atomic mass is 19.3. The van der Waals surface area contributed by atoms with Gasteiger partial charge in [-0.1, -0.05) is 0 Å². The third-order valence-corrected chi connectivity index (χ3v) is 5.01. The molecule has 0 spiro atoms. The van der Waals surface area contributed by atoms with Crippen molar-refractivity contribution in [2.45, 2.75) is 69.4 Å². The van der Waals surface area contributed by atoms with E-state index in [9.17, 15) is 13.6 Å². The third kappa shape index (κ3) is 2.97. The van der Waals surface area contributed by atoms with Crippen LogP contribution in [0.25, 0.3) is 0 Å². The number of hydrogen-bond donors (Lipinski definition) is 1. The van der Waals surface area contributed by atoms with E-state index in [2.05, 4.69) is 5.32 Å². The average molecular weight is 286 g/mol. The number of rotatable bonds is 4. The first-order valence-electron chi connectivity index (χ1n) is 7.97. The van der Waals surface area contributed by atoms with Crippen LogP contribution in [-0.2, 0) is 4.79 Å². The lowest BCUT2D eigenvalue weighted by Crippen LogP contribution is -2.48. The molecule has 3 rings (SSSR count). The number of amides is 1. The van der Waals surface area contributed by atoms with E-state index >= 15 is 0 Å². The fourth-order valence-electron chi connectivity index (χ4n) is 3.71. The molecule has 3 aliphatic rings. The minimum absolute atomic E-state index is 0.0222. The average Bonchev–Trinajstić information content (AvgIpc) is 3.18. The Bertz CT molecular complexity index is 365. The Hall–Kier alpha value is -0.710. The molecule has 1 aliphatic heterocycles. The molecule has 5 heteroatoms. The standard InChI is InChI=1S/C15H24F2N2O/c16-15(17)7-1-2-11(15)10-14(20)19(12-3-4-12)13-5-8-18-9-6-13/h11-13,18H,1-10H2. The van der Waals surface area contributed by atoms with Gasteiger partial charge in [-0.25, -0.2) is 8.78 Å². The van der Waals surface area contributed by atoms with Crippen molar-refractivity contribution in [1.82, 2.24) is 10.2 Å². The molecule has 0 aromatic rings. The number of halogens is 2. The maximum absolute atomic E-state index is 13.7. The van der Waals surface area contributed by atoms with Crippen molar-refractivity contribution in [3.63, 3.8) is 0 Å². The Morgan fingerprint density at radius 3 is 2.30 bits per heavy atom. The number of carbonyl (C=O) groups is 1. The second kappa shape index (κ2) is 5.58. The summed E-state index contributed by atoms with van der Waals surface area (Å²) < 4.78 is 27.4. The van der Waals surface area contributed by atoms with Crippen molar-refractivity contribution in [3.05, 3.63) is 0 Å². The molecular formula is C15H24F2N2O. The highest BCUT2D eigenvalue weighted by Gasteiger charge is 2.46. The van der Waals surface area contributed by atoms with Crippen molar-refractivity contribution in [2.24, 2.45) is 5.92 Å². The normalized spacial score (nSPS) is 30.4. The summed E-state index contributed by atoms with van der Waals surface area (Å²) in [5, 5.41) is 3.30. The monoisotopic (exact) mass is 286 g/mol. The van der Waals surface area contributed by atoms with E-state index in [1.165, 1.54) is 0 Å². The van der Waals surface area contributed by atoms with Gasteiger partial charge in [-0.2, -0.15) is 0 Å². The quantitative estimate of drug-likeness (QED) is 0.861. The summed E-state index contributed by atoms with van der Waals surface area (Å²) in [5.41, 5.74) is 0. The second-order valence-electron chi connectivity index (χ2n) is 6.57. The summed E-state index contributed by atoms with van der Waals surface area (Å²) in [6, 6.07) is 0.604. The summed E-state index contributed by atoms with van der Waals surface area (Å²) in [5.74, 6) is -3.37. The summed E-state index contributed by atoms with van der Waals surface area (Å²) in [6.45, 7) is 1.86. The number of nitrogens with one attached hydrogen (secondary N) is 1. The zero-order chi connectivity index (χ0) is 14.2. The first kappa shape index (κ1) is 14.2. The maximum Gasteiger partial charge on any atom is 0.251 e. The molecule has 0 bridgehead atoms. The van der Waals surface area contributed by atoms with E-state index in [0.717, 1.165) is 38.8 Å². The Morgan fingerprint density at radius 1 is 1.10 bits per heavy atom. The van der Waals surface area contributed by atoms with E-state index in [-0.39, 0.29) is 24.8 Å². The molecule has 0 aromatic heterocycles. The number of carbonyl (C=O) groups excluding carboxylic acids is 1. The lowest BCUT2D eigenvalue weighted by molar-refractivity contribution is -0.139. The van der Waals surface area contributed by atoms with E-state index in [1.54, 1.807) is 0 Å². The van der Waals surface area contributed by atoms with Gasteiger partial charge in [0, 0.05) is 30.8 Å². The zero-order valence-electron chi connectivity index (χ0n) is 11.9. The minimum atomic E-state index is -2.63. The molecule has 0 aromatic carbocycles. The van der Waals surface area contributed by atoms with Crippen LogP contribution >= 0.6 is 0 Å². The molecule has 3 fully saturated rings. The number of hydrogen-bond acceptors (Lipinski definition) is 2. The van der Waals surface area contributed by atoms with Gasteiger partial charge in [-0.3, -0.25) is 4.79 Å². The molecule has 2 aliphatic carbocycles. The van der Waals surface area contributed by atoms with Crippen LogP contribution in [0.15, 0.2) is 0 Å². The van der Waals surface area contributed by atoms with Crippen molar-refractivity contribution < 1.29 is 13.6 Å². The molecule has 1 saturated heterocycles. The smallest absolute Gasteiger partial charge is 0.251 e. The summed E-state index contributed by atoms with van der Waals surface area (Å²) in [6.07, 6.45) is 5.10. The topological polar surface area (TPSA) is 32.3 Å². The molecule has 20 heavy (non-hydrogen) atoms. The van der Waals surface area contributed by atoms with Gasteiger partial charge in [0.2, 0.25) is 5.91 Å². The maximum atomic E-state index is 13.7. The van der Waals surface area contributed by atoms with Crippen LogP contribution in [0, 0.1) is 5.92 Å². The lowest BCUT2D eigenvalue weighted by Gasteiger charge is -2.36. The predicted molar refractivity (Wildman–Crippen MR) is 72.7 cm³/mol. The van der Waals surface area contributed by atoms with Crippen molar-refractivity contribution in [1.29, 1.82) is 0 Å². The van der Waals surface area contributed by atoms with Gasteiger partial charge in [0.15, 0.2) is 0 Å². The van der Waals surface area contributed by atoms with E-state index in [4.69, 9.17) is 0 Å². The van der Waals surface area contributed by atoms with Crippen LogP contribution in [0.5, 0.6) is 0 Å². The van der Waals surface area contributed by atoms with Gasteiger partial charge < -0.3 is 10.2 Å². The highest BCUT2D eigenvalue weighted by molar-refractivity contribution is 5.77. The minimum Gasteiger partial charge on any atom is -0.337 e. The third-order valence-electron chi connectivity index (χ3n) is 5.01. The van der Waals surface area contributed by atoms with E-state index in [0.29, 0.717) is 18.9 Å². The summed E-state index contributed by atoms with van der Waals surface area (Å²) >= 11 is 0. The largest absolute Gasteiger partial charge is 0.337 e. The Kier molecular flexibility index (Phi) is 3.98. The lowest BCUT2D eigenvalue weighted by atomic mass is 9.98. The molecule has 1 atom stereocenters. The van der Waals surface area contributed by atoms with Gasteiger partial charge in [0.1, 0.15) is 0 Å². The fraction of sp³-hybridized carbons (Fsp3) is 0.933. The van der Waals surface area contributed by atoms with Crippen molar-refractivity contribution in [3.8, 4) is 0 Å². The number of piperidine rings is 1. The molecule has 1 heterocycles. The van der Waals surface area contributed by atoms with Crippen LogP contribution in [0.1, 0.15) is 51.4 Å². The molecular weight excluding hydrogens is 262 g/mol. The highest BCUT2D eigenvalue weighted by Crippen LogP contribution is 2.43. The fourth-order valence-corrected chi connectivity index (χ4v) is 3.71. The van der Waals surface area contributed by atoms with Crippen molar-refractivity contribution in [2.75, 3.05) is 13.1 Å². The summed E-state index contributed by atoms with van der Waals surface area (Å²) in [4.78, 5) is 14.5. The SMILES string of the molecule is O=C(CC1CCCC1(F)F)N(C1CCNCC1)C1CC1. The van der Waals surface area contributed by atoms with Gasteiger partial charge in [-0.15, -0.1) is 0 Å². The molecule has 0 radical (unpaired) electrons. The summed E-state index contributed by atoms with van der Waals surface area (Å²) in [7, 11) is 0. The number of alkyl halides is 2. The van der Waals surface area contributed by atoms with Crippen LogP contribution in [0.2, 0.25) is 0 Å². The zero-order valence-corrected chi connectivity index (χ0v) is 11.9. The second-order valence-corrected chi connectivity index (χ2v) is 6.57. The van der Waals surface area contributed by atoms with Crippen LogP contribution in [0.4, 0.5) is 8.78 Å². The van der Waals surface area contributed by atoms with Gasteiger partial charge in [-0.05, 0) is 51.6 Å². The Morgan fingerprint density at radius 2 is 1.75 bits per heavy atom. The molecule has 114 valence electrons. The first-order valence-corrected chi connectivity index (χ1v) is 7.97. The molecule has 2 saturated carbocycles. The van der Waals surface area contributed by atoms with E-state index < -0.39 is 11.8 Å². The Labute approximate surface area is 119 Å². The molecule has 3 nitrogen and oxygen atoms in total. The van der Waals surface area contributed by atoms with Gasteiger partial charge >= 0.3 is 0 Å². The van der Waals surface area contributed by atoms with Crippen LogP contribution < -0.4 is 5.32 Å². The molecule has 1 N–H and O–H groups in total. The van der Waals surface area contributed by atoms with Crippen molar-refractivity contribution >= 4 is 5.91 Å². The van der Waals surface area contributed by atoms with Crippen LogP contribution in [0.3, 0.4) is 0 Å². The predicted octanol–water partition coefficient (Wildman–Crippen LogP) is 2.55. The molecule has 1 amide bonds. The van der Waals surface area contributed by atoms with E-state index in [1.807, 2.05) is 4.90 Å². The first-order chi connectivity index (χ1) is 9.58. The van der Waals surface area contributed by atoms with Crippen LogP contribution in [-0.4, -0.2) is 41.9 Å².